The van der Waals surface area contributed by atoms with Gasteiger partial charge in [0.2, 0.25) is 5.76 Å². The number of carbonyl (C=O) groups is 1. The maximum Gasteiger partial charge on any atom is 0.371 e. The van der Waals surface area contributed by atoms with Crippen molar-refractivity contribution >= 4 is 17.7 Å². The van der Waals surface area contributed by atoms with Crippen LogP contribution in [0.1, 0.15) is 42.8 Å². The van der Waals surface area contributed by atoms with Crippen molar-refractivity contribution in [1.82, 2.24) is 15.2 Å². The van der Waals surface area contributed by atoms with Gasteiger partial charge in [0.1, 0.15) is 11.5 Å². The number of hydrogen-bond acceptors (Lipinski definition) is 6. The van der Waals surface area contributed by atoms with Gasteiger partial charge in [0.15, 0.2) is 5.16 Å². The summed E-state index contributed by atoms with van der Waals surface area (Å²) in [6.45, 7) is 5.65. The Balaban J connectivity index is 2.08. The second-order valence-electron chi connectivity index (χ2n) is 5.42. The molecule has 0 saturated carbocycles. The van der Waals surface area contributed by atoms with E-state index in [-0.39, 0.29) is 16.7 Å². The molecule has 0 saturated heterocycles. The molecule has 2 aromatic heterocycles. The van der Waals surface area contributed by atoms with Gasteiger partial charge < -0.3 is 9.52 Å². The molecule has 7 nitrogen and oxygen atoms in total. The maximum absolute atomic E-state index is 11.9. The molecule has 0 bridgehead atoms. The van der Waals surface area contributed by atoms with E-state index in [2.05, 4.69) is 15.2 Å². The van der Waals surface area contributed by atoms with Crippen LogP contribution in [-0.4, -0.2) is 26.3 Å². The van der Waals surface area contributed by atoms with Crippen LogP contribution in [-0.2, 0) is 11.2 Å². The zero-order chi connectivity index (χ0) is 15.6. The van der Waals surface area contributed by atoms with Crippen LogP contribution in [0, 0.1) is 0 Å². The largest absolute Gasteiger partial charge is 0.475 e. The number of furan rings is 1. The normalized spacial score (nSPS) is 11.6. The first kappa shape index (κ1) is 15.3. The van der Waals surface area contributed by atoms with Gasteiger partial charge in [-0.1, -0.05) is 32.5 Å². The quantitative estimate of drug-likeness (QED) is 0.832. The van der Waals surface area contributed by atoms with Gasteiger partial charge >= 0.3 is 5.97 Å². The van der Waals surface area contributed by atoms with Crippen molar-refractivity contribution in [1.29, 1.82) is 0 Å². The smallest absolute Gasteiger partial charge is 0.371 e. The monoisotopic (exact) mass is 309 g/mol. The molecule has 0 radical (unpaired) electrons. The van der Waals surface area contributed by atoms with E-state index in [0.717, 1.165) is 0 Å². The summed E-state index contributed by atoms with van der Waals surface area (Å²) in [5, 5.41) is 17.0. The zero-order valence-corrected chi connectivity index (χ0v) is 12.7. The Morgan fingerprint density at radius 1 is 1.38 bits per heavy atom. The van der Waals surface area contributed by atoms with Gasteiger partial charge in [-0.2, -0.15) is 0 Å². The molecule has 112 valence electrons. The van der Waals surface area contributed by atoms with Crippen molar-refractivity contribution in [2.24, 2.45) is 0 Å². The molecule has 0 aliphatic rings. The fourth-order valence-electron chi connectivity index (χ4n) is 1.59. The van der Waals surface area contributed by atoms with Crippen molar-refractivity contribution in [2.45, 2.75) is 37.1 Å². The highest BCUT2D eigenvalue weighted by Gasteiger charge is 2.20. The van der Waals surface area contributed by atoms with E-state index in [4.69, 9.17) is 9.52 Å². The molecule has 0 aliphatic carbocycles. The van der Waals surface area contributed by atoms with Crippen molar-refractivity contribution < 1.29 is 14.3 Å². The molecule has 0 unspecified atom stereocenters. The first-order valence-corrected chi connectivity index (χ1v) is 7.18. The maximum atomic E-state index is 11.9. The Kier molecular flexibility index (Phi) is 4.17. The molecule has 0 aliphatic heterocycles. The molecule has 0 atom stereocenters. The summed E-state index contributed by atoms with van der Waals surface area (Å²) in [4.78, 5) is 25.3. The number of carboxylic acids is 1. The molecular formula is C13H15N3O4S. The molecule has 0 fully saturated rings. The fourth-order valence-corrected chi connectivity index (χ4v) is 2.29. The van der Waals surface area contributed by atoms with E-state index in [0.29, 0.717) is 22.4 Å². The van der Waals surface area contributed by atoms with Gasteiger partial charge in [-0.05, 0) is 12.1 Å². The Morgan fingerprint density at radius 2 is 2.10 bits per heavy atom. The molecule has 8 heteroatoms. The van der Waals surface area contributed by atoms with E-state index in [1.165, 1.54) is 17.8 Å². The summed E-state index contributed by atoms with van der Waals surface area (Å²) in [5.74, 6) is -0.394. The van der Waals surface area contributed by atoms with Gasteiger partial charge in [-0.15, -0.1) is 10.2 Å². The van der Waals surface area contributed by atoms with E-state index in [9.17, 15) is 9.59 Å². The lowest BCUT2D eigenvalue weighted by molar-refractivity contribution is 0.0661. The Hall–Kier alpha value is -2.09. The number of nitrogens with one attached hydrogen (secondary N) is 1. The van der Waals surface area contributed by atoms with Crippen LogP contribution in [0.3, 0.4) is 0 Å². The predicted octanol–water partition coefficient (Wildman–Crippen LogP) is 2.05. The topological polar surface area (TPSA) is 109 Å². The van der Waals surface area contributed by atoms with Crippen molar-refractivity contribution in [2.75, 3.05) is 0 Å². The van der Waals surface area contributed by atoms with E-state index in [1.807, 2.05) is 20.8 Å². The van der Waals surface area contributed by atoms with Gasteiger partial charge in [0.05, 0.1) is 5.75 Å². The highest BCUT2D eigenvalue weighted by Crippen LogP contribution is 2.21. The first-order chi connectivity index (χ1) is 9.77. The van der Waals surface area contributed by atoms with Crippen LogP contribution in [0.2, 0.25) is 0 Å². The molecule has 2 N–H and O–H groups in total. The Bertz CT molecular complexity index is 715. The third-order valence-electron chi connectivity index (χ3n) is 2.61. The summed E-state index contributed by atoms with van der Waals surface area (Å²) < 4.78 is 5.11. The van der Waals surface area contributed by atoms with Crippen molar-refractivity contribution in [3.8, 4) is 0 Å². The number of aromatic nitrogens is 3. The fraction of sp³-hybridized carbons (Fsp3) is 0.385. The molecule has 0 aromatic carbocycles. The van der Waals surface area contributed by atoms with Crippen molar-refractivity contribution in [3.05, 3.63) is 39.7 Å². The van der Waals surface area contributed by atoms with Gasteiger partial charge in [-0.25, -0.2) is 4.79 Å². The van der Waals surface area contributed by atoms with Gasteiger partial charge in [0.25, 0.3) is 5.56 Å². The average molecular weight is 309 g/mol. The van der Waals surface area contributed by atoms with Crippen molar-refractivity contribution in [3.63, 3.8) is 0 Å². The van der Waals surface area contributed by atoms with E-state index in [1.54, 1.807) is 6.07 Å². The van der Waals surface area contributed by atoms with E-state index >= 15 is 0 Å². The number of aromatic amines is 1. The summed E-state index contributed by atoms with van der Waals surface area (Å²) >= 11 is 1.22. The van der Waals surface area contributed by atoms with Crippen LogP contribution < -0.4 is 5.56 Å². The third-order valence-corrected chi connectivity index (χ3v) is 3.50. The summed E-state index contributed by atoms with van der Waals surface area (Å²) in [6.07, 6.45) is 0. The molecule has 21 heavy (non-hydrogen) atoms. The van der Waals surface area contributed by atoms with Crippen LogP contribution in [0.5, 0.6) is 0 Å². The lowest BCUT2D eigenvalue weighted by Crippen LogP contribution is -2.27. The van der Waals surface area contributed by atoms with Crippen LogP contribution in [0.4, 0.5) is 0 Å². The molecule has 2 rings (SSSR count). The minimum absolute atomic E-state index is 0.117. The summed E-state index contributed by atoms with van der Waals surface area (Å²) in [5.41, 5.74) is -0.273. The van der Waals surface area contributed by atoms with Crippen LogP contribution in [0.25, 0.3) is 0 Å². The lowest BCUT2D eigenvalue weighted by Gasteiger charge is -2.15. The molecule has 2 heterocycles. The second kappa shape index (κ2) is 5.72. The minimum atomic E-state index is -1.12. The number of H-pyrrole nitrogens is 1. The zero-order valence-electron chi connectivity index (χ0n) is 11.8. The standard InChI is InChI=1S/C13H15N3O4S/c1-13(2,3)9-10(17)14-12(16-15-9)21-6-7-4-5-8(20-7)11(18)19/h4-5H,6H2,1-3H3,(H,18,19)(H,14,16,17). The molecular weight excluding hydrogens is 294 g/mol. The van der Waals surface area contributed by atoms with Crippen LogP contribution >= 0.6 is 11.8 Å². The van der Waals surface area contributed by atoms with Crippen LogP contribution in [0.15, 0.2) is 26.5 Å². The lowest BCUT2D eigenvalue weighted by atomic mass is 9.93. The molecule has 0 spiro atoms. The number of carboxylic acid groups (broad SMARTS) is 1. The highest BCUT2D eigenvalue weighted by molar-refractivity contribution is 7.98. The summed E-state index contributed by atoms with van der Waals surface area (Å²) in [6, 6.07) is 2.96. The SMILES string of the molecule is CC(C)(C)c1nnc(SCc2ccc(C(=O)O)o2)[nH]c1=O. The van der Waals surface area contributed by atoms with Gasteiger partial charge in [-0.3, -0.25) is 9.78 Å². The Labute approximate surface area is 124 Å². The number of rotatable bonds is 4. The number of nitrogens with zero attached hydrogens (tertiary/aromatic N) is 2. The third kappa shape index (κ3) is 3.72. The Morgan fingerprint density at radius 3 is 2.62 bits per heavy atom. The highest BCUT2D eigenvalue weighted by atomic mass is 32.2. The average Bonchev–Trinajstić information content (AvgIpc) is 2.83. The first-order valence-electron chi connectivity index (χ1n) is 6.19. The summed E-state index contributed by atoms with van der Waals surface area (Å²) in [7, 11) is 0. The number of aromatic carboxylic acids is 1. The molecule has 0 amide bonds. The molecule has 2 aromatic rings. The van der Waals surface area contributed by atoms with Gasteiger partial charge in [0, 0.05) is 5.41 Å². The second-order valence-corrected chi connectivity index (χ2v) is 6.38. The minimum Gasteiger partial charge on any atom is -0.475 e. The number of hydrogen-bond donors (Lipinski definition) is 2. The predicted molar refractivity (Wildman–Crippen MR) is 76.6 cm³/mol. The number of thioether (sulfide) groups is 1. The van der Waals surface area contributed by atoms with E-state index < -0.39 is 5.97 Å².